The Morgan fingerprint density at radius 3 is 2.97 bits per heavy atom. The van der Waals surface area contributed by atoms with Gasteiger partial charge in [0.1, 0.15) is 28.5 Å². The van der Waals surface area contributed by atoms with Gasteiger partial charge in [0.15, 0.2) is 0 Å². The lowest BCUT2D eigenvalue weighted by Crippen LogP contribution is -2.16. The fraction of sp³-hybridized carbons (Fsp3) is 0.381. The molecule has 4 heterocycles. The normalized spacial score (nSPS) is 16.3. The number of carbonyl (C=O) groups excluding carboxylic acids is 1. The lowest BCUT2D eigenvalue weighted by Gasteiger charge is -2.12. The van der Waals surface area contributed by atoms with Gasteiger partial charge < -0.3 is 19.2 Å². The summed E-state index contributed by atoms with van der Waals surface area (Å²) < 4.78 is 38.7. The standard InChI is InChI=1S/C21H22F2N4O3/c1-2-30-18-9-19-24-14(8-13-6-7-29-12-13)10-27(19)11-17(18)26-21(28)16-5-3-4-15(25-16)20(22)23/h3-5,9-11,13,20H,2,6-8,12H2,1H3,(H,26,28)/t13-/m0/s1. The molecule has 1 fully saturated rings. The number of imidazole rings is 1. The number of fused-ring (bicyclic) bond motifs is 1. The molecule has 30 heavy (non-hydrogen) atoms. The highest BCUT2D eigenvalue weighted by Gasteiger charge is 2.19. The second-order valence-electron chi connectivity index (χ2n) is 7.12. The van der Waals surface area contributed by atoms with Crippen LogP contribution in [0.1, 0.15) is 41.6 Å². The molecule has 7 nitrogen and oxygen atoms in total. The maximum atomic E-state index is 12.9. The average molecular weight is 416 g/mol. The molecule has 4 rings (SSSR count). The lowest BCUT2D eigenvalue weighted by molar-refractivity contribution is 0.101. The van der Waals surface area contributed by atoms with Crippen LogP contribution in [0.25, 0.3) is 5.65 Å². The molecular formula is C21H22F2N4O3. The summed E-state index contributed by atoms with van der Waals surface area (Å²) in [4.78, 5) is 21.0. The zero-order valence-corrected chi connectivity index (χ0v) is 16.5. The van der Waals surface area contributed by atoms with Crippen LogP contribution < -0.4 is 10.1 Å². The van der Waals surface area contributed by atoms with Crippen molar-refractivity contribution < 1.29 is 23.0 Å². The summed E-state index contributed by atoms with van der Waals surface area (Å²) in [6, 6.07) is 5.70. The number of hydrogen-bond acceptors (Lipinski definition) is 5. The predicted octanol–water partition coefficient (Wildman–Crippen LogP) is 3.90. The van der Waals surface area contributed by atoms with Crippen molar-refractivity contribution in [2.24, 2.45) is 5.92 Å². The minimum absolute atomic E-state index is 0.0945. The third kappa shape index (κ3) is 4.40. The number of carbonyl (C=O) groups is 1. The van der Waals surface area contributed by atoms with Crippen LogP contribution in [-0.2, 0) is 11.2 Å². The molecule has 158 valence electrons. The first-order valence-electron chi connectivity index (χ1n) is 9.82. The second-order valence-corrected chi connectivity index (χ2v) is 7.12. The van der Waals surface area contributed by atoms with Crippen molar-refractivity contribution in [1.82, 2.24) is 14.4 Å². The Morgan fingerprint density at radius 1 is 1.37 bits per heavy atom. The van der Waals surface area contributed by atoms with Gasteiger partial charge in [-0.3, -0.25) is 4.79 Å². The van der Waals surface area contributed by atoms with Crippen molar-refractivity contribution in [3.63, 3.8) is 0 Å². The highest BCUT2D eigenvalue weighted by atomic mass is 19.3. The van der Waals surface area contributed by atoms with E-state index in [-0.39, 0.29) is 5.69 Å². The molecular weight excluding hydrogens is 394 g/mol. The molecule has 0 unspecified atom stereocenters. The van der Waals surface area contributed by atoms with E-state index in [1.165, 1.54) is 18.2 Å². The van der Waals surface area contributed by atoms with Crippen molar-refractivity contribution in [1.29, 1.82) is 0 Å². The summed E-state index contributed by atoms with van der Waals surface area (Å²) in [6.07, 6.45) is 2.70. The summed E-state index contributed by atoms with van der Waals surface area (Å²) >= 11 is 0. The molecule has 0 spiro atoms. The molecule has 0 saturated carbocycles. The summed E-state index contributed by atoms with van der Waals surface area (Å²) in [5, 5.41) is 2.71. The Kier molecular flexibility index (Phi) is 5.89. The Morgan fingerprint density at radius 2 is 2.23 bits per heavy atom. The molecule has 1 aliphatic rings. The van der Waals surface area contributed by atoms with Gasteiger partial charge in [-0.05, 0) is 37.8 Å². The topological polar surface area (TPSA) is 77.8 Å². The number of nitrogens with one attached hydrogen (secondary N) is 1. The van der Waals surface area contributed by atoms with Crippen molar-refractivity contribution in [2.75, 3.05) is 25.1 Å². The molecule has 1 N–H and O–H groups in total. The number of rotatable bonds is 7. The number of halogens is 2. The van der Waals surface area contributed by atoms with Crippen LogP contribution in [0.4, 0.5) is 14.5 Å². The van der Waals surface area contributed by atoms with E-state index in [1.54, 1.807) is 12.3 Å². The van der Waals surface area contributed by atoms with E-state index in [1.807, 2.05) is 17.5 Å². The summed E-state index contributed by atoms with van der Waals surface area (Å²) in [5.41, 5.74) is 1.50. The van der Waals surface area contributed by atoms with E-state index in [0.717, 1.165) is 31.7 Å². The zero-order chi connectivity index (χ0) is 21.1. The molecule has 1 amide bonds. The van der Waals surface area contributed by atoms with Crippen LogP contribution >= 0.6 is 0 Å². The summed E-state index contributed by atoms with van der Waals surface area (Å²) in [5.74, 6) is 0.305. The van der Waals surface area contributed by atoms with Crippen molar-refractivity contribution >= 4 is 17.2 Å². The number of amides is 1. The number of alkyl halides is 2. The smallest absolute Gasteiger partial charge is 0.280 e. The molecule has 3 aromatic rings. The van der Waals surface area contributed by atoms with Gasteiger partial charge >= 0.3 is 0 Å². The minimum Gasteiger partial charge on any atom is -0.491 e. The first kappa shape index (κ1) is 20.2. The molecule has 1 atom stereocenters. The van der Waals surface area contributed by atoms with Crippen molar-refractivity contribution in [2.45, 2.75) is 26.2 Å². The SMILES string of the molecule is CCOc1cc2nc(C[C@@H]3CCOC3)cn2cc1NC(=O)c1cccc(C(F)F)n1. The van der Waals surface area contributed by atoms with Crippen LogP contribution in [0.3, 0.4) is 0 Å². The van der Waals surface area contributed by atoms with Gasteiger partial charge in [0.25, 0.3) is 12.3 Å². The number of pyridine rings is 2. The van der Waals surface area contributed by atoms with Crippen LogP contribution in [0, 0.1) is 5.92 Å². The van der Waals surface area contributed by atoms with E-state index >= 15 is 0 Å². The zero-order valence-electron chi connectivity index (χ0n) is 16.5. The van der Waals surface area contributed by atoms with Crippen molar-refractivity contribution in [3.05, 3.63) is 53.7 Å². The molecule has 1 saturated heterocycles. The molecule has 1 aliphatic heterocycles. The predicted molar refractivity (Wildman–Crippen MR) is 106 cm³/mol. The quantitative estimate of drug-likeness (QED) is 0.632. The Balaban J connectivity index is 1.60. The van der Waals surface area contributed by atoms with E-state index in [4.69, 9.17) is 9.47 Å². The van der Waals surface area contributed by atoms with Gasteiger partial charge in [-0.2, -0.15) is 0 Å². The average Bonchev–Trinajstić information content (AvgIpc) is 3.38. The Labute approximate surface area is 172 Å². The number of nitrogens with zero attached hydrogens (tertiary/aromatic N) is 3. The Bertz CT molecular complexity index is 1050. The van der Waals surface area contributed by atoms with Gasteiger partial charge in [0.05, 0.1) is 12.3 Å². The van der Waals surface area contributed by atoms with Crippen LogP contribution in [0.2, 0.25) is 0 Å². The summed E-state index contributed by atoms with van der Waals surface area (Å²) in [7, 11) is 0. The highest BCUT2D eigenvalue weighted by molar-refractivity contribution is 6.03. The number of anilines is 1. The van der Waals surface area contributed by atoms with Crippen molar-refractivity contribution in [3.8, 4) is 5.75 Å². The largest absolute Gasteiger partial charge is 0.491 e. The van der Waals surface area contributed by atoms with Gasteiger partial charge in [-0.1, -0.05) is 6.07 Å². The fourth-order valence-corrected chi connectivity index (χ4v) is 3.46. The number of aromatic nitrogens is 3. The first-order chi connectivity index (χ1) is 14.5. The molecule has 0 radical (unpaired) electrons. The Hall–Kier alpha value is -3.07. The molecule has 9 heteroatoms. The van der Waals surface area contributed by atoms with Gasteiger partial charge in [-0.15, -0.1) is 0 Å². The monoisotopic (exact) mass is 416 g/mol. The van der Waals surface area contributed by atoms with Crippen LogP contribution in [0.15, 0.2) is 36.7 Å². The highest BCUT2D eigenvalue weighted by Crippen LogP contribution is 2.28. The molecule has 0 aromatic carbocycles. The van der Waals surface area contributed by atoms with E-state index in [2.05, 4.69) is 15.3 Å². The van der Waals surface area contributed by atoms with E-state index < -0.39 is 18.0 Å². The third-order valence-corrected chi connectivity index (χ3v) is 4.90. The lowest BCUT2D eigenvalue weighted by atomic mass is 10.0. The van der Waals surface area contributed by atoms with Crippen LogP contribution in [0.5, 0.6) is 5.75 Å². The molecule has 0 aliphatic carbocycles. The first-order valence-corrected chi connectivity index (χ1v) is 9.82. The van der Waals surface area contributed by atoms with Gasteiger partial charge in [0, 0.05) is 31.7 Å². The van der Waals surface area contributed by atoms with E-state index in [0.29, 0.717) is 29.6 Å². The third-order valence-electron chi connectivity index (χ3n) is 4.90. The minimum atomic E-state index is -2.75. The van der Waals surface area contributed by atoms with Gasteiger partial charge in [0.2, 0.25) is 0 Å². The molecule has 3 aromatic heterocycles. The maximum Gasteiger partial charge on any atom is 0.280 e. The second kappa shape index (κ2) is 8.74. The number of ether oxygens (including phenoxy) is 2. The number of hydrogen-bond donors (Lipinski definition) is 1. The fourth-order valence-electron chi connectivity index (χ4n) is 3.46. The maximum absolute atomic E-state index is 12.9. The van der Waals surface area contributed by atoms with Crippen LogP contribution in [-0.4, -0.2) is 40.1 Å². The molecule has 0 bridgehead atoms. The van der Waals surface area contributed by atoms with E-state index in [9.17, 15) is 13.6 Å². The van der Waals surface area contributed by atoms with Gasteiger partial charge in [-0.25, -0.2) is 18.7 Å². The summed E-state index contributed by atoms with van der Waals surface area (Å²) in [6.45, 7) is 3.75.